The number of halogens is 1. The van der Waals surface area contributed by atoms with Crippen LogP contribution in [0.1, 0.15) is 84.1 Å². The van der Waals surface area contributed by atoms with E-state index >= 15 is 0 Å². The van der Waals surface area contributed by atoms with Gasteiger partial charge < -0.3 is 4.74 Å². The number of hydrogen-bond acceptors (Lipinski definition) is 2. The minimum absolute atomic E-state index is 0.197. The van der Waals surface area contributed by atoms with Crippen LogP contribution in [0.25, 0.3) is 22.3 Å². The molecule has 0 aromatic heterocycles. The van der Waals surface area contributed by atoms with Crippen molar-refractivity contribution in [2.24, 2.45) is 0 Å². The van der Waals surface area contributed by atoms with Gasteiger partial charge in [-0.1, -0.05) is 119 Å². The maximum absolute atomic E-state index is 15.0. The molecule has 0 aliphatic carbocycles. The van der Waals surface area contributed by atoms with Crippen LogP contribution in [0.4, 0.5) is 4.39 Å². The first-order valence-electron chi connectivity index (χ1n) is 13.6. The van der Waals surface area contributed by atoms with Crippen molar-refractivity contribution in [3.8, 4) is 28.0 Å². The summed E-state index contributed by atoms with van der Waals surface area (Å²) in [5, 5.41) is 0. The average Bonchev–Trinajstić information content (AvgIpc) is 2.89. The molecule has 192 valence electrons. The summed E-state index contributed by atoms with van der Waals surface area (Å²) in [5.41, 5.74) is 3.81. The third-order valence-electron chi connectivity index (χ3n) is 6.78. The maximum atomic E-state index is 15.0. The molecule has 0 spiro atoms. The zero-order valence-electron chi connectivity index (χ0n) is 22.2. The van der Waals surface area contributed by atoms with E-state index in [9.17, 15) is 9.18 Å². The SMILES string of the molecule is CCCCCCCCCC(C)(F)C(=O)Oc1ccc(-c2ccccc2-c2ccc(CCC)cc2)cc1. The minimum Gasteiger partial charge on any atom is -0.424 e. The van der Waals surface area contributed by atoms with Gasteiger partial charge in [-0.15, -0.1) is 0 Å². The summed E-state index contributed by atoms with van der Waals surface area (Å²) in [4.78, 5) is 12.5. The zero-order chi connectivity index (χ0) is 25.8. The van der Waals surface area contributed by atoms with Gasteiger partial charge in [-0.25, -0.2) is 9.18 Å². The number of benzene rings is 3. The predicted molar refractivity (Wildman–Crippen MR) is 149 cm³/mol. The first-order chi connectivity index (χ1) is 17.4. The molecule has 3 aromatic carbocycles. The van der Waals surface area contributed by atoms with Crippen LogP contribution >= 0.6 is 0 Å². The van der Waals surface area contributed by atoms with Gasteiger partial charge in [0.25, 0.3) is 0 Å². The van der Waals surface area contributed by atoms with Gasteiger partial charge in [-0.2, -0.15) is 0 Å². The van der Waals surface area contributed by atoms with Crippen LogP contribution in [0.3, 0.4) is 0 Å². The van der Waals surface area contributed by atoms with Crippen molar-refractivity contribution in [3.63, 3.8) is 0 Å². The van der Waals surface area contributed by atoms with Crippen LogP contribution in [-0.4, -0.2) is 11.6 Å². The highest BCUT2D eigenvalue weighted by atomic mass is 19.1. The van der Waals surface area contributed by atoms with Crippen molar-refractivity contribution in [1.29, 1.82) is 0 Å². The van der Waals surface area contributed by atoms with Gasteiger partial charge >= 0.3 is 5.97 Å². The third kappa shape index (κ3) is 8.05. The first kappa shape index (κ1) is 27.6. The van der Waals surface area contributed by atoms with Gasteiger partial charge in [0.05, 0.1) is 0 Å². The molecule has 0 amide bonds. The Balaban J connectivity index is 1.61. The van der Waals surface area contributed by atoms with Crippen LogP contribution in [0, 0.1) is 0 Å². The second kappa shape index (κ2) is 14.0. The Labute approximate surface area is 216 Å². The number of esters is 1. The Kier molecular flexibility index (Phi) is 10.7. The zero-order valence-corrected chi connectivity index (χ0v) is 22.2. The molecule has 0 radical (unpaired) electrons. The van der Waals surface area contributed by atoms with Crippen molar-refractivity contribution in [2.45, 2.75) is 90.6 Å². The van der Waals surface area contributed by atoms with Crippen LogP contribution < -0.4 is 4.74 Å². The van der Waals surface area contributed by atoms with Gasteiger partial charge in [-0.05, 0) is 66.1 Å². The number of alkyl halides is 1. The predicted octanol–water partition coefficient (Wildman–Crippen LogP) is 9.75. The molecule has 3 rings (SSSR count). The number of carbonyl (C=O) groups is 1. The molecule has 0 saturated heterocycles. The molecule has 1 atom stereocenters. The van der Waals surface area contributed by atoms with Crippen molar-refractivity contribution in [2.75, 3.05) is 0 Å². The Morgan fingerprint density at radius 2 is 1.25 bits per heavy atom. The summed E-state index contributed by atoms with van der Waals surface area (Å²) in [6, 6.07) is 24.4. The number of carbonyl (C=O) groups excluding carboxylic acids is 1. The molecule has 0 fully saturated rings. The molecule has 0 aliphatic heterocycles. The van der Waals surface area contributed by atoms with Crippen LogP contribution in [0.2, 0.25) is 0 Å². The van der Waals surface area contributed by atoms with Crippen LogP contribution in [-0.2, 0) is 11.2 Å². The van der Waals surface area contributed by atoms with Gasteiger partial charge in [-0.3, -0.25) is 0 Å². The highest BCUT2D eigenvalue weighted by Crippen LogP contribution is 2.33. The summed E-state index contributed by atoms with van der Waals surface area (Å²) < 4.78 is 20.4. The van der Waals surface area contributed by atoms with Crippen LogP contribution in [0.5, 0.6) is 5.75 Å². The number of unbranched alkanes of at least 4 members (excludes halogenated alkanes) is 6. The molecule has 0 aliphatic rings. The number of hydrogen-bond donors (Lipinski definition) is 0. The summed E-state index contributed by atoms with van der Waals surface area (Å²) in [6.07, 6.45) is 10.0. The lowest BCUT2D eigenvalue weighted by atomic mass is 9.94. The molecule has 3 heteroatoms. The van der Waals surface area contributed by atoms with Gasteiger partial charge in [0.15, 0.2) is 0 Å². The van der Waals surface area contributed by atoms with E-state index in [2.05, 4.69) is 50.2 Å². The summed E-state index contributed by atoms with van der Waals surface area (Å²) in [5.74, 6) is -0.442. The standard InChI is InChI=1S/C33H41FO2/c1-4-6-7-8-9-10-13-25-33(3,34)32(35)36-29-23-21-28(22-24-29)31-16-12-11-15-30(31)27-19-17-26(14-5-2)18-20-27/h11-12,15-24H,4-10,13-14,25H2,1-3H3. The van der Waals surface area contributed by atoms with E-state index in [0.717, 1.165) is 42.4 Å². The molecule has 36 heavy (non-hydrogen) atoms. The summed E-state index contributed by atoms with van der Waals surface area (Å²) in [7, 11) is 0. The summed E-state index contributed by atoms with van der Waals surface area (Å²) >= 11 is 0. The fourth-order valence-electron chi connectivity index (χ4n) is 4.56. The van der Waals surface area contributed by atoms with E-state index in [1.54, 1.807) is 12.1 Å². The fourth-order valence-corrected chi connectivity index (χ4v) is 4.56. The summed E-state index contributed by atoms with van der Waals surface area (Å²) in [6.45, 7) is 5.72. The monoisotopic (exact) mass is 488 g/mol. The minimum atomic E-state index is -1.97. The van der Waals surface area contributed by atoms with E-state index in [1.807, 2.05) is 24.3 Å². The molecular formula is C33H41FO2. The first-order valence-corrected chi connectivity index (χ1v) is 13.6. The Morgan fingerprint density at radius 1 is 0.722 bits per heavy atom. The van der Waals surface area contributed by atoms with E-state index in [1.165, 1.54) is 43.7 Å². The smallest absolute Gasteiger partial charge is 0.348 e. The molecule has 0 N–H and O–H groups in total. The van der Waals surface area contributed by atoms with Crippen molar-refractivity contribution in [1.82, 2.24) is 0 Å². The van der Waals surface area contributed by atoms with E-state index in [0.29, 0.717) is 12.2 Å². The third-order valence-corrected chi connectivity index (χ3v) is 6.78. The molecular weight excluding hydrogens is 447 g/mol. The fraction of sp³-hybridized carbons (Fsp3) is 0.424. The van der Waals surface area contributed by atoms with Gasteiger partial charge in [0.2, 0.25) is 5.67 Å². The quantitative estimate of drug-likeness (QED) is 0.128. The normalized spacial score (nSPS) is 12.8. The van der Waals surface area contributed by atoms with Gasteiger partial charge in [0, 0.05) is 0 Å². The highest BCUT2D eigenvalue weighted by molar-refractivity contribution is 5.84. The maximum Gasteiger partial charge on any atom is 0.348 e. The molecule has 0 bridgehead atoms. The Bertz CT molecular complexity index is 1070. The number of aryl methyl sites for hydroxylation is 1. The second-order valence-corrected chi connectivity index (χ2v) is 9.98. The van der Waals surface area contributed by atoms with E-state index in [-0.39, 0.29) is 6.42 Å². The molecule has 0 saturated carbocycles. The molecule has 3 aromatic rings. The Hall–Kier alpha value is -2.94. The molecule has 2 nitrogen and oxygen atoms in total. The average molecular weight is 489 g/mol. The van der Waals surface area contributed by atoms with Crippen molar-refractivity contribution < 1.29 is 13.9 Å². The lowest BCUT2D eigenvalue weighted by Crippen LogP contribution is -2.34. The van der Waals surface area contributed by atoms with E-state index in [4.69, 9.17) is 4.74 Å². The highest BCUT2D eigenvalue weighted by Gasteiger charge is 2.34. The Morgan fingerprint density at radius 3 is 1.81 bits per heavy atom. The molecule has 1 unspecified atom stereocenters. The number of rotatable bonds is 14. The lowest BCUT2D eigenvalue weighted by Gasteiger charge is -2.18. The topological polar surface area (TPSA) is 26.3 Å². The van der Waals surface area contributed by atoms with Gasteiger partial charge in [0.1, 0.15) is 5.75 Å². The van der Waals surface area contributed by atoms with E-state index < -0.39 is 11.6 Å². The van der Waals surface area contributed by atoms with Crippen LogP contribution in [0.15, 0.2) is 72.8 Å². The number of ether oxygens (including phenoxy) is 1. The van der Waals surface area contributed by atoms with Crippen molar-refractivity contribution >= 4 is 5.97 Å². The lowest BCUT2D eigenvalue weighted by molar-refractivity contribution is -0.147. The largest absolute Gasteiger partial charge is 0.424 e. The second-order valence-electron chi connectivity index (χ2n) is 9.98. The molecule has 0 heterocycles. The van der Waals surface area contributed by atoms with Crippen molar-refractivity contribution in [3.05, 3.63) is 78.4 Å².